The van der Waals surface area contributed by atoms with Crippen molar-refractivity contribution in [1.82, 2.24) is 10.2 Å². The Morgan fingerprint density at radius 1 is 1.38 bits per heavy atom. The van der Waals surface area contributed by atoms with Crippen LogP contribution in [0.15, 0.2) is 18.2 Å². The minimum atomic E-state index is 0.251. The summed E-state index contributed by atoms with van der Waals surface area (Å²) in [4.78, 5) is 13.3. The van der Waals surface area contributed by atoms with Crippen LogP contribution in [0, 0.1) is 0 Å². The number of anilines is 1. The monoisotopic (exact) mass is 345 g/mol. The van der Waals surface area contributed by atoms with Gasteiger partial charge in [-0.25, -0.2) is 0 Å². The quantitative estimate of drug-likeness (QED) is 0.634. The number of benzene rings is 1. The molecule has 1 amide bonds. The lowest BCUT2D eigenvalue weighted by Gasteiger charge is -2.16. The highest BCUT2D eigenvalue weighted by atomic mass is 35.5. The maximum Gasteiger partial charge on any atom is 0.222 e. The molecule has 0 saturated carbocycles. The molecule has 1 aliphatic rings. The molecule has 114 valence electrons. The number of carbonyl (C=O) groups is 1. The van der Waals surface area contributed by atoms with Crippen LogP contribution in [0.25, 0.3) is 0 Å². The van der Waals surface area contributed by atoms with E-state index in [0.29, 0.717) is 33.8 Å². The molecule has 1 aliphatic heterocycles. The van der Waals surface area contributed by atoms with Gasteiger partial charge < -0.3 is 15.5 Å². The van der Waals surface area contributed by atoms with Crippen LogP contribution < -0.4 is 10.6 Å². The first kappa shape index (κ1) is 16.3. The van der Waals surface area contributed by atoms with E-state index in [1.165, 1.54) is 0 Å². The molecule has 0 spiro atoms. The van der Waals surface area contributed by atoms with Gasteiger partial charge in [0.1, 0.15) is 0 Å². The second kappa shape index (κ2) is 7.82. The minimum Gasteiger partial charge on any atom is -0.362 e. The first-order chi connectivity index (χ1) is 10.1. The number of halogens is 2. The zero-order valence-corrected chi connectivity index (χ0v) is 13.8. The number of amides is 1. The number of hydrogen-bond acceptors (Lipinski definition) is 2. The van der Waals surface area contributed by atoms with Gasteiger partial charge in [0.25, 0.3) is 0 Å². The van der Waals surface area contributed by atoms with Crippen molar-refractivity contribution in [1.29, 1.82) is 0 Å². The van der Waals surface area contributed by atoms with Gasteiger partial charge in [-0.15, -0.1) is 0 Å². The Morgan fingerprint density at radius 3 is 2.90 bits per heavy atom. The fraction of sp³-hybridized carbons (Fsp3) is 0.429. The Balaban J connectivity index is 1.70. The van der Waals surface area contributed by atoms with Crippen LogP contribution in [0.2, 0.25) is 10.0 Å². The van der Waals surface area contributed by atoms with Gasteiger partial charge in [-0.2, -0.15) is 0 Å². The SMILES string of the molecule is O=C1CCCN1CCCNC(=S)Nc1cccc(Cl)c1Cl. The summed E-state index contributed by atoms with van der Waals surface area (Å²) in [6, 6.07) is 5.34. The average molecular weight is 346 g/mol. The zero-order chi connectivity index (χ0) is 15.2. The second-order valence-corrected chi connectivity index (χ2v) is 6.01. The molecule has 0 unspecified atom stereocenters. The standard InChI is InChI=1S/C14H17Cl2N3OS/c15-10-4-1-5-11(13(10)16)18-14(21)17-7-3-9-19-8-2-6-12(19)20/h1,4-5H,2-3,6-9H2,(H2,17,18,21). The van der Waals surface area contributed by atoms with Crippen molar-refractivity contribution in [2.45, 2.75) is 19.3 Å². The number of nitrogens with one attached hydrogen (secondary N) is 2. The summed E-state index contributed by atoms with van der Waals surface area (Å²) < 4.78 is 0. The van der Waals surface area contributed by atoms with Gasteiger partial charge in [-0.1, -0.05) is 29.3 Å². The summed E-state index contributed by atoms with van der Waals surface area (Å²) in [6.45, 7) is 2.35. The van der Waals surface area contributed by atoms with Crippen molar-refractivity contribution in [3.8, 4) is 0 Å². The summed E-state index contributed by atoms with van der Waals surface area (Å²) in [5.74, 6) is 0.251. The molecule has 1 aromatic rings. The van der Waals surface area contributed by atoms with Crippen molar-refractivity contribution in [3.05, 3.63) is 28.2 Å². The zero-order valence-electron chi connectivity index (χ0n) is 11.5. The molecule has 4 nitrogen and oxygen atoms in total. The molecular formula is C14H17Cl2N3OS. The smallest absolute Gasteiger partial charge is 0.222 e. The van der Waals surface area contributed by atoms with Crippen LogP contribution in [0.5, 0.6) is 0 Å². The van der Waals surface area contributed by atoms with Gasteiger partial charge in [-0.3, -0.25) is 4.79 Å². The molecule has 21 heavy (non-hydrogen) atoms. The fourth-order valence-corrected chi connectivity index (χ4v) is 2.74. The number of nitrogens with zero attached hydrogens (tertiary/aromatic N) is 1. The number of rotatable bonds is 5. The summed E-state index contributed by atoms with van der Waals surface area (Å²) in [7, 11) is 0. The van der Waals surface area contributed by atoms with Crippen LogP contribution in [0.4, 0.5) is 5.69 Å². The molecule has 0 aromatic heterocycles. The highest BCUT2D eigenvalue weighted by Gasteiger charge is 2.18. The lowest BCUT2D eigenvalue weighted by molar-refractivity contribution is -0.127. The Morgan fingerprint density at radius 2 is 2.19 bits per heavy atom. The molecule has 1 saturated heterocycles. The van der Waals surface area contributed by atoms with Crippen molar-refractivity contribution in [3.63, 3.8) is 0 Å². The topological polar surface area (TPSA) is 44.4 Å². The molecule has 0 aliphatic carbocycles. The maximum atomic E-state index is 11.5. The van der Waals surface area contributed by atoms with E-state index in [2.05, 4.69) is 10.6 Å². The van der Waals surface area contributed by atoms with Crippen molar-refractivity contribution in [2.75, 3.05) is 25.0 Å². The molecule has 0 radical (unpaired) electrons. The predicted octanol–water partition coefficient (Wildman–Crippen LogP) is 3.29. The first-order valence-corrected chi connectivity index (χ1v) is 8.01. The number of thiocarbonyl (C=S) groups is 1. The van der Waals surface area contributed by atoms with Gasteiger partial charge in [0.05, 0.1) is 15.7 Å². The Kier molecular flexibility index (Phi) is 6.08. The van der Waals surface area contributed by atoms with E-state index in [0.717, 1.165) is 25.9 Å². The summed E-state index contributed by atoms with van der Waals surface area (Å²) in [6.07, 6.45) is 2.51. The fourth-order valence-electron chi connectivity index (χ4n) is 2.18. The van der Waals surface area contributed by atoms with E-state index in [1.807, 2.05) is 11.0 Å². The molecule has 7 heteroatoms. The Labute approximate surface area is 139 Å². The third-order valence-electron chi connectivity index (χ3n) is 3.26. The Hall–Kier alpha value is -1.04. The van der Waals surface area contributed by atoms with E-state index >= 15 is 0 Å². The van der Waals surface area contributed by atoms with Crippen LogP contribution in [-0.2, 0) is 4.79 Å². The highest BCUT2D eigenvalue weighted by molar-refractivity contribution is 7.80. The molecule has 2 N–H and O–H groups in total. The molecule has 0 bridgehead atoms. The van der Waals surface area contributed by atoms with Gasteiger partial charge in [0.2, 0.25) is 5.91 Å². The van der Waals surface area contributed by atoms with E-state index in [4.69, 9.17) is 35.4 Å². The lowest BCUT2D eigenvalue weighted by atomic mass is 10.3. The van der Waals surface area contributed by atoms with Crippen LogP contribution in [0.3, 0.4) is 0 Å². The van der Waals surface area contributed by atoms with Crippen LogP contribution in [-0.4, -0.2) is 35.6 Å². The van der Waals surface area contributed by atoms with Crippen molar-refractivity contribution < 1.29 is 4.79 Å². The molecule has 1 fully saturated rings. The third kappa shape index (κ3) is 4.73. The molecule has 1 aromatic carbocycles. The van der Waals surface area contributed by atoms with Crippen molar-refractivity contribution in [2.24, 2.45) is 0 Å². The summed E-state index contributed by atoms with van der Waals surface area (Å²) >= 11 is 17.2. The van der Waals surface area contributed by atoms with Gasteiger partial charge >= 0.3 is 0 Å². The van der Waals surface area contributed by atoms with E-state index in [9.17, 15) is 4.79 Å². The number of hydrogen-bond donors (Lipinski definition) is 2. The van der Waals surface area contributed by atoms with Crippen LogP contribution in [0.1, 0.15) is 19.3 Å². The van der Waals surface area contributed by atoms with Gasteiger partial charge in [0, 0.05) is 26.1 Å². The van der Waals surface area contributed by atoms with E-state index < -0.39 is 0 Å². The van der Waals surface area contributed by atoms with Crippen LogP contribution >= 0.6 is 35.4 Å². The molecule has 0 atom stereocenters. The summed E-state index contributed by atoms with van der Waals surface area (Å²) in [5.41, 5.74) is 0.677. The summed E-state index contributed by atoms with van der Waals surface area (Å²) in [5, 5.41) is 7.53. The highest BCUT2D eigenvalue weighted by Crippen LogP contribution is 2.29. The van der Waals surface area contributed by atoms with Gasteiger partial charge in [-0.05, 0) is 37.2 Å². The number of likely N-dealkylation sites (tertiary alicyclic amines) is 1. The van der Waals surface area contributed by atoms with E-state index in [1.54, 1.807) is 12.1 Å². The maximum absolute atomic E-state index is 11.5. The lowest BCUT2D eigenvalue weighted by Crippen LogP contribution is -2.32. The second-order valence-electron chi connectivity index (χ2n) is 4.82. The minimum absolute atomic E-state index is 0.251. The van der Waals surface area contributed by atoms with E-state index in [-0.39, 0.29) is 5.91 Å². The normalized spacial score (nSPS) is 14.4. The molecule has 2 rings (SSSR count). The molecular weight excluding hydrogens is 329 g/mol. The third-order valence-corrected chi connectivity index (χ3v) is 4.33. The average Bonchev–Trinajstić information content (AvgIpc) is 2.86. The van der Waals surface area contributed by atoms with Gasteiger partial charge in [0.15, 0.2) is 5.11 Å². The largest absolute Gasteiger partial charge is 0.362 e. The first-order valence-electron chi connectivity index (χ1n) is 6.84. The number of carbonyl (C=O) groups excluding carboxylic acids is 1. The molecule has 1 heterocycles. The predicted molar refractivity (Wildman–Crippen MR) is 91.1 cm³/mol. The van der Waals surface area contributed by atoms with Crippen molar-refractivity contribution >= 4 is 52.1 Å². The Bertz CT molecular complexity index is 539.